The smallest absolute Gasteiger partial charge is 0.128 e. The zero-order valence-electron chi connectivity index (χ0n) is 10.8. The maximum absolute atomic E-state index is 13.8. The molecule has 0 amide bonds. The van der Waals surface area contributed by atoms with Gasteiger partial charge in [-0.3, -0.25) is 0 Å². The topological polar surface area (TPSA) is 12.0 Å². The van der Waals surface area contributed by atoms with E-state index in [1.54, 1.807) is 0 Å². The van der Waals surface area contributed by atoms with E-state index in [0.717, 1.165) is 6.42 Å². The van der Waals surface area contributed by atoms with Crippen LogP contribution in [0.2, 0.25) is 0 Å². The van der Waals surface area contributed by atoms with E-state index in [0.29, 0.717) is 6.54 Å². The number of alkyl halides is 1. The van der Waals surface area contributed by atoms with Crippen LogP contribution in [0.5, 0.6) is 0 Å². The van der Waals surface area contributed by atoms with Crippen LogP contribution in [0.4, 0.5) is 4.39 Å². The van der Waals surface area contributed by atoms with Gasteiger partial charge in [0.2, 0.25) is 0 Å². The summed E-state index contributed by atoms with van der Waals surface area (Å²) in [7, 11) is 0. The van der Waals surface area contributed by atoms with Gasteiger partial charge in [-0.1, -0.05) is 60.7 Å². The molecule has 1 unspecified atom stereocenters. The van der Waals surface area contributed by atoms with Gasteiger partial charge in [-0.15, -0.1) is 0 Å². The zero-order valence-corrected chi connectivity index (χ0v) is 10.8. The number of rotatable bonds is 4. The molecule has 0 spiro atoms. The molecule has 3 atom stereocenters. The highest BCUT2D eigenvalue weighted by atomic mass is 19.1. The molecule has 19 heavy (non-hydrogen) atoms. The van der Waals surface area contributed by atoms with E-state index in [1.807, 2.05) is 36.4 Å². The summed E-state index contributed by atoms with van der Waals surface area (Å²) in [5.41, 5.74) is 2.48. The lowest BCUT2D eigenvalue weighted by Gasteiger charge is -2.39. The van der Waals surface area contributed by atoms with Crippen LogP contribution < -0.4 is 5.32 Å². The van der Waals surface area contributed by atoms with Crippen molar-refractivity contribution in [3.05, 3.63) is 71.8 Å². The molecule has 0 aromatic heterocycles. The Morgan fingerprint density at radius 2 is 1.63 bits per heavy atom. The Kier molecular flexibility index (Phi) is 3.60. The first-order valence-corrected chi connectivity index (χ1v) is 6.81. The van der Waals surface area contributed by atoms with Crippen LogP contribution in [0.1, 0.15) is 17.0 Å². The zero-order chi connectivity index (χ0) is 13.1. The Morgan fingerprint density at radius 3 is 2.16 bits per heavy atom. The van der Waals surface area contributed by atoms with Crippen molar-refractivity contribution in [2.75, 3.05) is 6.54 Å². The van der Waals surface area contributed by atoms with E-state index >= 15 is 0 Å². The molecule has 2 heteroatoms. The van der Waals surface area contributed by atoms with Crippen molar-refractivity contribution in [2.24, 2.45) is 0 Å². The van der Waals surface area contributed by atoms with Gasteiger partial charge in [-0.05, 0) is 17.5 Å². The number of hydrogen-bond acceptors (Lipinski definition) is 1. The first-order chi connectivity index (χ1) is 9.34. The van der Waals surface area contributed by atoms with Gasteiger partial charge in [0.15, 0.2) is 0 Å². The third-order valence-electron chi connectivity index (χ3n) is 3.90. The molecule has 1 fully saturated rings. The van der Waals surface area contributed by atoms with Crippen LogP contribution >= 0.6 is 0 Å². The van der Waals surface area contributed by atoms with Crippen LogP contribution in [0, 0.1) is 0 Å². The van der Waals surface area contributed by atoms with Crippen LogP contribution in [0.25, 0.3) is 0 Å². The molecular formula is C17H18FN. The standard InChI is InChI=1S/C17H18FN/c18-16-12-19-17(16)15(14-9-5-2-6-10-14)11-13-7-3-1-4-8-13/h1-10,15-17,19H,11-12H2/t15?,16-,17-/m0/s1. The Balaban J connectivity index is 1.85. The third kappa shape index (κ3) is 2.69. The average molecular weight is 255 g/mol. The molecule has 0 bridgehead atoms. The number of nitrogens with one attached hydrogen (secondary N) is 1. The van der Waals surface area contributed by atoms with E-state index in [9.17, 15) is 4.39 Å². The maximum Gasteiger partial charge on any atom is 0.128 e. The number of halogens is 1. The summed E-state index contributed by atoms with van der Waals surface area (Å²) in [6, 6.07) is 20.5. The molecule has 0 saturated carbocycles. The molecule has 1 N–H and O–H groups in total. The predicted molar refractivity (Wildman–Crippen MR) is 76.0 cm³/mol. The van der Waals surface area contributed by atoms with Gasteiger partial charge in [0, 0.05) is 18.5 Å². The molecule has 0 radical (unpaired) electrons. The Hall–Kier alpha value is -1.67. The fraction of sp³-hybridized carbons (Fsp3) is 0.294. The highest BCUT2D eigenvalue weighted by Crippen LogP contribution is 2.30. The minimum absolute atomic E-state index is 0.0531. The van der Waals surface area contributed by atoms with Crippen LogP contribution in [-0.2, 0) is 6.42 Å². The highest BCUT2D eigenvalue weighted by molar-refractivity contribution is 5.27. The van der Waals surface area contributed by atoms with Crippen LogP contribution in [0.3, 0.4) is 0 Å². The second kappa shape index (κ2) is 5.54. The van der Waals surface area contributed by atoms with Gasteiger partial charge < -0.3 is 5.32 Å². The normalized spacial score (nSPS) is 23.6. The average Bonchev–Trinajstić information content (AvgIpc) is 2.47. The van der Waals surface area contributed by atoms with Gasteiger partial charge in [0.25, 0.3) is 0 Å². The summed E-state index contributed by atoms with van der Waals surface area (Å²) in [6.07, 6.45) is 0.150. The summed E-state index contributed by atoms with van der Waals surface area (Å²) in [4.78, 5) is 0. The molecule has 2 aromatic rings. The first kappa shape index (κ1) is 12.4. The lowest BCUT2D eigenvalue weighted by molar-refractivity contribution is 0.135. The molecule has 0 aliphatic carbocycles. The summed E-state index contributed by atoms with van der Waals surface area (Å²) < 4.78 is 13.8. The van der Waals surface area contributed by atoms with Crippen molar-refractivity contribution in [1.29, 1.82) is 0 Å². The fourth-order valence-corrected chi connectivity index (χ4v) is 2.76. The van der Waals surface area contributed by atoms with E-state index in [4.69, 9.17) is 0 Å². The van der Waals surface area contributed by atoms with E-state index in [1.165, 1.54) is 11.1 Å². The van der Waals surface area contributed by atoms with Gasteiger partial charge >= 0.3 is 0 Å². The number of hydrogen-bond donors (Lipinski definition) is 1. The van der Waals surface area contributed by atoms with E-state index < -0.39 is 6.17 Å². The maximum atomic E-state index is 13.8. The van der Waals surface area contributed by atoms with Crippen molar-refractivity contribution in [3.63, 3.8) is 0 Å². The first-order valence-electron chi connectivity index (χ1n) is 6.81. The van der Waals surface area contributed by atoms with Gasteiger partial charge in [-0.25, -0.2) is 4.39 Å². The van der Waals surface area contributed by atoms with E-state index in [2.05, 4.69) is 29.6 Å². The molecular weight excluding hydrogens is 237 g/mol. The van der Waals surface area contributed by atoms with Crippen molar-refractivity contribution in [1.82, 2.24) is 5.32 Å². The van der Waals surface area contributed by atoms with Gasteiger partial charge in [0.05, 0.1) is 0 Å². The molecule has 1 saturated heterocycles. The molecule has 2 aromatic carbocycles. The minimum Gasteiger partial charge on any atom is -0.308 e. The largest absolute Gasteiger partial charge is 0.308 e. The van der Waals surface area contributed by atoms with Gasteiger partial charge in [0.1, 0.15) is 6.17 Å². The minimum atomic E-state index is -0.728. The third-order valence-corrected chi connectivity index (χ3v) is 3.90. The van der Waals surface area contributed by atoms with Crippen LogP contribution in [0.15, 0.2) is 60.7 Å². The predicted octanol–water partition coefficient (Wildman–Crippen LogP) is 3.32. The second-order valence-electron chi connectivity index (χ2n) is 5.16. The lowest BCUT2D eigenvalue weighted by atomic mass is 9.80. The fourth-order valence-electron chi connectivity index (χ4n) is 2.76. The Morgan fingerprint density at radius 1 is 1.00 bits per heavy atom. The second-order valence-corrected chi connectivity index (χ2v) is 5.16. The lowest BCUT2D eigenvalue weighted by Crippen LogP contribution is -2.58. The summed E-state index contributed by atoms with van der Waals surface area (Å²) in [5.74, 6) is 0.201. The molecule has 1 aliphatic rings. The summed E-state index contributed by atoms with van der Waals surface area (Å²) in [6.45, 7) is 0.489. The SMILES string of the molecule is F[C@H]1CN[C@H]1C(Cc1ccccc1)c1ccccc1. The molecule has 3 rings (SSSR count). The molecule has 98 valence electrons. The molecule has 1 aliphatic heterocycles. The van der Waals surface area contributed by atoms with Crippen molar-refractivity contribution >= 4 is 0 Å². The van der Waals surface area contributed by atoms with Crippen molar-refractivity contribution in [3.8, 4) is 0 Å². The van der Waals surface area contributed by atoms with Gasteiger partial charge in [-0.2, -0.15) is 0 Å². The Labute approximate surface area is 113 Å². The summed E-state index contributed by atoms with van der Waals surface area (Å²) >= 11 is 0. The molecule has 1 heterocycles. The molecule has 1 nitrogen and oxygen atoms in total. The van der Waals surface area contributed by atoms with Crippen molar-refractivity contribution in [2.45, 2.75) is 24.6 Å². The quantitative estimate of drug-likeness (QED) is 0.883. The monoisotopic (exact) mass is 255 g/mol. The Bertz CT molecular complexity index is 511. The van der Waals surface area contributed by atoms with E-state index in [-0.39, 0.29) is 12.0 Å². The summed E-state index contributed by atoms with van der Waals surface area (Å²) in [5, 5.41) is 3.24. The van der Waals surface area contributed by atoms with Crippen LogP contribution in [-0.4, -0.2) is 18.8 Å². The van der Waals surface area contributed by atoms with Crippen molar-refractivity contribution < 1.29 is 4.39 Å². The highest BCUT2D eigenvalue weighted by Gasteiger charge is 2.37. The number of benzene rings is 2.